The molecule has 4 nitrogen and oxygen atoms in total. The third kappa shape index (κ3) is 2.49. The fraction of sp³-hybridized carbons (Fsp3) is 0.636. The Kier molecular flexibility index (Phi) is 3.67. The van der Waals surface area contributed by atoms with Crippen molar-refractivity contribution in [1.82, 2.24) is 4.90 Å². The highest BCUT2D eigenvalue weighted by molar-refractivity contribution is 5.97. The summed E-state index contributed by atoms with van der Waals surface area (Å²) in [5.41, 5.74) is 2.38. The lowest BCUT2D eigenvalue weighted by molar-refractivity contribution is -0.141. The highest BCUT2D eigenvalue weighted by atomic mass is 16.4. The first-order valence-electron chi connectivity index (χ1n) is 10.2. The van der Waals surface area contributed by atoms with E-state index in [2.05, 4.69) is 12.1 Å². The van der Waals surface area contributed by atoms with Crippen LogP contribution in [0.25, 0.3) is 0 Å². The number of aliphatic carboxylic acids is 1. The van der Waals surface area contributed by atoms with Gasteiger partial charge < -0.3 is 10.0 Å². The van der Waals surface area contributed by atoms with Gasteiger partial charge in [0.15, 0.2) is 0 Å². The summed E-state index contributed by atoms with van der Waals surface area (Å²) < 4.78 is 0. The SMILES string of the molecule is O=C(O)[C@H]1CCCN1C(=O)c1ccc(C23CC4CC(CC(C4)C2)C3)cc1. The maximum absolute atomic E-state index is 12.8. The molecule has 0 unspecified atom stereocenters. The van der Waals surface area contributed by atoms with E-state index in [0.717, 1.165) is 24.2 Å². The average molecular weight is 353 g/mol. The van der Waals surface area contributed by atoms with Gasteiger partial charge in [-0.15, -0.1) is 0 Å². The van der Waals surface area contributed by atoms with E-state index in [1.807, 2.05) is 12.1 Å². The molecule has 6 rings (SSSR count). The van der Waals surface area contributed by atoms with Gasteiger partial charge in [-0.1, -0.05) is 12.1 Å². The highest BCUT2D eigenvalue weighted by Gasteiger charge is 2.51. The van der Waals surface area contributed by atoms with Crippen molar-refractivity contribution in [3.05, 3.63) is 35.4 Å². The fourth-order valence-electron chi connectivity index (χ4n) is 6.86. The van der Waals surface area contributed by atoms with Gasteiger partial charge in [0.2, 0.25) is 0 Å². The van der Waals surface area contributed by atoms with Crippen molar-refractivity contribution in [2.75, 3.05) is 6.54 Å². The molecule has 4 aliphatic carbocycles. The molecule has 0 aromatic heterocycles. The fourth-order valence-corrected chi connectivity index (χ4v) is 6.86. The molecule has 4 heteroatoms. The molecule has 26 heavy (non-hydrogen) atoms. The van der Waals surface area contributed by atoms with Crippen molar-refractivity contribution in [2.24, 2.45) is 17.8 Å². The van der Waals surface area contributed by atoms with Crippen LogP contribution in [0.1, 0.15) is 67.3 Å². The zero-order valence-corrected chi connectivity index (χ0v) is 15.2. The lowest BCUT2D eigenvalue weighted by Gasteiger charge is -2.57. The highest BCUT2D eigenvalue weighted by Crippen LogP contribution is 2.60. The Bertz CT molecular complexity index is 703. The van der Waals surface area contributed by atoms with Crippen LogP contribution in [-0.4, -0.2) is 34.5 Å². The number of carbonyl (C=O) groups excluding carboxylic acids is 1. The van der Waals surface area contributed by atoms with Gasteiger partial charge in [0.1, 0.15) is 6.04 Å². The summed E-state index contributed by atoms with van der Waals surface area (Å²) in [6, 6.07) is 7.53. The van der Waals surface area contributed by atoms with Crippen molar-refractivity contribution in [2.45, 2.75) is 62.8 Å². The first-order valence-corrected chi connectivity index (χ1v) is 10.2. The number of amides is 1. The van der Waals surface area contributed by atoms with Crippen molar-refractivity contribution < 1.29 is 14.7 Å². The van der Waals surface area contributed by atoms with E-state index < -0.39 is 12.0 Å². The minimum atomic E-state index is -0.888. The van der Waals surface area contributed by atoms with Gasteiger partial charge in [-0.05, 0) is 92.2 Å². The van der Waals surface area contributed by atoms with E-state index in [4.69, 9.17) is 0 Å². The largest absolute Gasteiger partial charge is 0.480 e. The van der Waals surface area contributed by atoms with Gasteiger partial charge in [-0.2, -0.15) is 0 Å². The number of carbonyl (C=O) groups is 2. The number of hydrogen-bond donors (Lipinski definition) is 1. The minimum absolute atomic E-state index is 0.132. The molecule has 1 N–H and O–H groups in total. The van der Waals surface area contributed by atoms with Crippen LogP contribution in [0.2, 0.25) is 0 Å². The lowest BCUT2D eigenvalue weighted by atomic mass is 9.48. The molecule has 0 radical (unpaired) electrons. The van der Waals surface area contributed by atoms with Crippen LogP contribution < -0.4 is 0 Å². The number of rotatable bonds is 3. The summed E-state index contributed by atoms with van der Waals surface area (Å²) in [4.78, 5) is 25.7. The molecule has 0 spiro atoms. The first kappa shape index (κ1) is 16.3. The smallest absolute Gasteiger partial charge is 0.326 e. The Morgan fingerprint density at radius 1 is 0.962 bits per heavy atom. The van der Waals surface area contributed by atoms with E-state index in [1.54, 1.807) is 0 Å². The van der Waals surface area contributed by atoms with E-state index in [9.17, 15) is 14.7 Å². The summed E-state index contributed by atoms with van der Waals surface area (Å²) >= 11 is 0. The second-order valence-corrected chi connectivity index (χ2v) is 9.27. The van der Waals surface area contributed by atoms with E-state index >= 15 is 0 Å². The molecular formula is C22H27NO3. The predicted octanol–water partition coefficient (Wildman–Crippen LogP) is 3.84. The van der Waals surface area contributed by atoms with Gasteiger partial charge in [0.05, 0.1) is 0 Å². The van der Waals surface area contributed by atoms with Crippen LogP contribution in [0.5, 0.6) is 0 Å². The minimum Gasteiger partial charge on any atom is -0.480 e. The molecule has 1 saturated heterocycles. The molecule has 1 amide bonds. The quantitative estimate of drug-likeness (QED) is 0.898. The number of hydrogen-bond acceptors (Lipinski definition) is 2. The van der Waals surface area contributed by atoms with Crippen LogP contribution in [0, 0.1) is 17.8 Å². The second-order valence-electron chi connectivity index (χ2n) is 9.27. The standard InChI is InChI=1S/C22H27NO3/c24-20(23-7-1-2-19(23)21(25)26)17-3-5-18(6-4-17)22-11-14-8-15(12-22)10-16(9-14)13-22/h3-6,14-16,19H,1-2,7-13H2,(H,25,26)/t14?,15?,16?,19-,22?/m1/s1. The molecule has 5 aliphatic rings. The third-order valence-electron chi connectivity index (χ3n) is 7.58. The normalized spacial score (nSPS) is 37.9. The van der Waals surface area contributed by atoms with Crippen molar-refractivity contribution in [1.29, 1.82) is 0 Å². The monoisotopic (exact) mass is 353 g/mol. The Hall–Kier alpha value is -1.84. The molecule has 4 bridgehead atoms. The summed E-state index contributed by atoms with van der Waals surface area (Å²) in [5.74, 6) is 1.70. The van der Waals surface area contributed by atoms with E-state index in [0.29, 0.717) is 23.9 Å². The number of benzene rings is 1. The van der Waals surface area contributed by atoms with Crippen molar-refractivity contribution >= 4 is 11.9 Å². The molecule has 1 heterocycles. The maximum Gasteiger partial charge on any atom is 0.326 e. The van der Waals surface area contributed by atoms with Crippen molar-refractivity contribution in [3.63, 3.8) is 0 Å². The van der Waals surface area contributed by atoms with Crippen LogP contribution in [0.4, 0.5) is 0 Å². The van der Waals surface area contributed by atoms with Gasteiger partial charge in [0, 0.05) is 12.1 Å². The zero-order valence-electron chi connectivity index (χ0n) is 15.2. The van der Waals surface area contributed by atoms with Crippen molar-refractivity contribution in [3.8, 4) is 0 Å². The predicted molar refractivity (Wildman–Crippen MR) is 98.0 cm³/mol. The Morgan fingerprint density at radius 3 is 2.08 bits per heavy atom. The molecule has 5 fully saturated rings. The maximum atomic E-state index is 12.8. The molecule has 1 aliphatic heterocycles. The summed E-state index contributed by atoms with van der Waals surface area (Å²) in [6.07, 6.45) is 9.59. The average Bonchev–Trinajstić information content (AvgIpc) is 3.10. The molecule has 138 valence electrons. The number of nitrogens with zero attached hydrogens (tertiary/aromatic N) is 1. The first-order chi connectivity index (χ1) is 12.5. The summed E-state index contributed by atoms with van der Waals surface area (Å²) in [5, 5.41) is 9.33. The van der Waals surface area contributed by atoms with Gasteiger partial charge in [-0.25, -0.2) is 4.79 Å². The second kappa shape index (κ2) is 5.83. The van der Waals surface area contributed by atoms with Gasteiger partial charge in [-0.3, -0.25) is 4.79 Å². The molecule has 1 aromatic carbocycles. The number of carboxylic acid groups (broad SMARTS) is 1. The molecule has 1 atom stereocenters. The van der Waals surface area contributed by atoms with Crippen LogP contribution >= 0.6 is 0 Å². The zero-order chi connectivity index (χ0) is 17.9. The lowest BCUT2D eigenvalue weighted by Crippen LogP contribution is -2.48. The van der Waals surface area contributed by atoms with Crippen LogP contribution in [0.15, 0.2) is 24.3 Å². The Labute approximate surface area is 154 Å². The van der Waals surface area contributed by atoms with E-state index in [1.165, 1.54) is 49.0 Å². The van der Waals surface area contributed by atoms with Gasteiger partial charge >= 0.3 is 5.97 Å². The molecule has 4 saturated carbocycles. The number of likely N-dealkylation sites (tertiary alicyclic amines) is 1. The molecular weight excluding hydrogens is 326 g/mol. The summed E-state index contributed by atoms with van der Waals surface area (Å²) in [6.45, 7) is 0.548. The Morgan fingerprint density at radius 2 is 1.54 bits per heavy atom. The third-order valence-corrected chi connectivity index (χ3v) is 7.58. The van der Waals surface area contributed by atoms with Crippen LogP contribution in [0.3, 0.4) is 0 Å². The van der Waals surface area contributed by atoms with Crippen LogP contribution in [-0.2, 0) is 10.2 Å². The summed E-state index contributed by atoms with van der Waals surface area (Å²) in [7, 11) is 0. The topological polar surface area (TPSA) is 57.6 Å². The van der Waals surface area contributed by atoms with Gasteiger partial charge in [0.25, 0.3) is 5.91 Å². The van der Waals surface area contributed by atoms with E-state index in [-0.39, 0.29) is 5.91 Å². The number of carboxylic acids is 1. The molecule has 1 aromatic rings. The Balaban J connectivity index is 1.38.